The molecule has 3 aromatic rings. The lowest BCUT2D eigenvalue weighted by Gasteiger charge is -2.36. The second-order valence-electron chi connectivity index (χ2n) is 8.53. The molecule has 1 amide bonds. The summed E-state index contributed by atoms with van der Waals surface area (Å²) in [6.07, 6.45) is 4.24. The van der Waals surface area contributed by atoms with Crippen LogP contribution < -0.4 is 9.47 Å². The van der Waals surface area contributed by atoms with Gasteiger partial charge in [-0.1, -0.05) is 6.07 Å². The molecule has 32 heavy (non-hydrogen) atoms. The molecule has 7 heteroatoms. The Balaban J connectivity index is 1.76. The smallest absolute Gasteiger partial charge is 0.223 e. The van der Waals surface area contributed by atoms with Crippen LogP contribution in [0.2, 0.25) is 0 Å². The van der Waals surface area contributed by atoms with Crippen LogP contribution in [-0.2, 0) is 9.53 Å². The minimum Gasteiger partial charge on any atom is -0.497 e. The summed E-state index contributed by atoms with van der Waals surface area (Å²) in [6.45, 7) is 7.26. The normalized spacial score (nSPS) is 19.7. The Bertz CT molecular complexity index is 1080. The van der Waals surface area contributed by atoms with E-state index in [0.29, 0.717) is 31.0 Å². The van der Waals surface area contributed by atoms with Crippen molar-refractivity contribution in [3.05, 3.63) is 59.5 Å². The summed E-state index contributed by atoms with van der Waals surface area (Å²) < 4.78 is 18.9. The van der Waals surface area contributed by atoms with Crippen LogP contribution in [0.3, 0.4) is 0 Å². The number of aromatic nitrogens is 2. The Morgan fingerprint density at radius 1 is 1.16 bits per heavy atom. The van der Waals surface area contributed by atoms with Gasteiger partial charge in [0.15, 0.2) is 0 Å². The van der Waals surface area contributed by atoms with Crippen LogP contribution in [-0.4, -0.2) is 59.7 Å². The van der Waals surface area contributed by atoms with Crippen LogP contribution in [0.15, 0.2) is 42.7 Å². The van der Waals surface area contributed by atoms with Gasteiger partial charge in [0.1, 0.15) is 17.1 Å². The van der Waals surface area contributed by atoms with Crippen molar-refractivity contribution in [2.45, 2.75) is 45.3 Å². The maximum absolute atomic E-state index is 13.5. The predicted octanol–water partition coefficient (Wildman–Crippen LogP) is 3.82. The van der Waals surface area contributed by atoms with E-state index in [1.165, 1.54) is 0 Å². The average Bonchev–Trinajstić information content (AvgIpc) is 3.21. The zero-order valence-corrected chi connectivity index (χ0v) is 19.4. The molecule has 4 rings (SSSR count). The fourth-order valence-electron chi connectivity index (χ4n) is 4.54. The number of carbonyl (C=O) groups excluding carboxylic acids is 1. The summed E-state index contributed by atoms with van der Waals surface area (Å²) in [7, 11) is 3.26. The Morgan fingerprint density at radius 3 is 2.44 bits per heavy atom. The number of imidazole rings is 1. The molecule has 0 N–H and O–H groups in total. The largest absolute Gasteiger partial charge is 0.497 e. The summed E-state index contributed by atoms with van der Waals surface area (Å²) in [5, 5.41) is 0. The van der Waals surface area contributed by atoms with E-state index in [0.717, 1.165) is 22.5 Å². The van der Waals surface area contributed by atoms with Gasteiger partial charge in [0.25, 0.3) is 0 Å². The highest BCUT2D eigenvalue weighted by molar-refractivity contribution is 5.78. The second kappa shape index (κ2) is 9.20. The van der Waals surface area contributed by atoms with Crippen molar-refractivity contribution < 1.29 is 19.0 Å². The van der Waals surface area contributed by atoms with Gasteiger partial charge in [-0.05, 0) is 50.1 Å². The van der Waals surface area contributed by atoms with Crippen LogP contribution in [0, 0.1) is 6.92 Å². The van der Waals surface area contributed by atoms with Crippen LogP contribution in [0.1, 0.15) is 43.0 Å². The van der Waals surface area contributed by atoms with E-state index in [-0.39, 0.29) is 24.0 Å². The van der Waals surface area contributed by atoms with E-state index in [4.69, 9.17) is 14.2 Å². The lowest BCUT2D eigenvalue weighted by molar-refractivity contribution is -0.143. The number of aryl methyl sites for hydroxylation is 1. The van der Waals surface area contributed by atoms with Crippen LogP contribution in [0.4, 0.5) is 0 Å². The van der Waals surface area contributed by atoms with E-state index in [1.54, 1.807) is 14.2 Å². The molecule has 3 unspecified atom stereocenters. The fourth-order valence-corrected chi connectivity index (χ4v) is 4.54. The maximum atomic E-state index is 13.5. The standard InChI is InChI=1S/C25H31N3O4/c1-16-7-6-8-28-23(13-26-25(16)28)22(19-9-20(30-4)11-21(10-19)31-5)12-24(29)27-14-17(2)32-18(3)15-27/h6-11,13,17-18,22H,12,14-15H2,1-5H3. The number of pyridine rings is 1. The molecule has 0 saturated carbocycles. The number of morpholine rings is 1. The molecule has 1 saturated heterocycles. The number of nitrogens with zero attached hydrogens (tertiary/aromatic N) is 3. The molecular weight excluding hydrogens is 406 g/mol. The molecule has 1 aromatic carbocycles. The van der Waals surface area contributed by atoms with Crippen molar-refractivity contribution in [2.75, 3.05) is 27.3 Å². The van der Waals surface area contributed by atoms with Gasteiger partial charge >= 0.3 is 0 Å². The van der Waals surface area contributed by atoms with E-state index in [1.807, 2.05) is 68.4 Å². The van der Waals surface area contributed by atoms with Gasteiger partial charge in [0.2, 0.25) is 5.91 Å². The predicted molar refractivity (Wildman–Crippen MR) is 123 cm³/mol. The van der Waals surface area contributed by atoms with Crippen molar-refractivity contribution in [3.8, 4) is 11.5 Å². The Kier molecular flexibility index (Phi) is 6.37. The first-order valence-corrected chi connectivity index (χ1v) is 11.0. The molecule has 7 nitrogen and oxygen atoms in total. The highest BCUT2D eigenvalue weighted by Crippen LogP contribution is 2.35. The number of hydrogen-bond donors (Lipinski definition) is 0. The maximum Gasteiger partial charge on any atom is 0.223 e. The van der Waals surface area contributed by atoms with Crippen molar-refractivity contribution in [1.82, 2.24) is 14.3 Å². The Hall–Kier alpha value is -3.06. The minimum absolute atomic E-state index is 0.0245. The van der Waals surface area contributed by atoms with Gasteiger partial charge in [0.05, 0.1) is 32.1 Å². The molecule has 1 fully saturated rings. The number of ether oxygens (including phenoxy) is 3. The number of methoxy groups -OCH3 is 2. The van der Waals surface area contributed by atoms with Crippen LogP contribution in [0.5, 0.6) is 11.5 Å². The number of hydrogen-bond acceptors (Lipinski definition) is 5. The summed E-state index contributed by atoms with van der Waals surface area (Å²) in [4.78, 5) is 20.0. The number of rotatable bonds is 6. The lowest BCUT2D eigenvalue weighted by Crippen LogP contribution is -2.48. The molecule has 0 aliphatic carbocycles. The second-order valence-corrected chi connectivity index (χ2v) is 8.53. The number of amides is 1. The SMILES string of the molecule is COc1cc(OC)cc(C(CC(=O)N2CC(C)OC(C)C2)c2cnc3c(C)cccn23)c1. The molecule has 3 atom stereocenters. The molecule has 0 spiro atoms. The average molecular weight is 438 g/mol. The first-order chi connectivity index (χ1) is 15.4. The molecule has 0 bridgehead atoms. The molecule has 170 valence electrons. The molecule has 0 radical (unpaired) electrons. The third-order valence-electron chi connectivity index (χ3n) is 6.04. The molecule has 1 aliphatic heterocycles. The van der Waals surface area contributed by atoms with E-state index in [9.17, 15) is 4.79 Å². The summed E-state index contributed by atoms with van der Waals surface area (Å²) in [5.41, 5.74) is 3.89. The number of benzene rings is 1. The first-order valence-electron chi connectivity index (χ1n) is 11.0. The highest BCUT2D eigenvalue weighted by atomic mass is 16.5. The number of carbonyl (C=O) groups is 1. The van der Waals surface area contributed by atoms with E-state index >= 15 is 0 Å². The number of fused-ring (bicyclic) bond motifs is 1. The van der Waals surface area contributed by atoms with Crippen molar-refractivity contribution in [2.24, 2.45) is 0 Å². The topological polar surface area (TPSA) is 65.3 Å². The summed E-state index contributed by atoms with van der Waals surface area (Å²) >= 11 is 0. The first kappa shape index (κ1) is 22.1. The monoisotopic (exact) mass is 437 g/mol. The van der Waals surface area contributed by atoms with Gasteiger partial charge < -0.3 is 23.5 Å². The summed E-state index contributed by atoms with van der Waals surface area (Å²) in [6, 6.07) is 9.83. The molecular formula is C25H31N3O4. The van der Waals surface area contributed by atoms with Gasteiger partial charge in [-0.25, -0.2) is 4.98 Å². The quantitative estimate of drug-likeness (QED) is 0.587. The van der Waals surface area contributed by atoms with Gasteiger partial charge in [0, 0.05) is 43.9 Å². The third-order valence-corrected chi connectivity index (χ3v) is 6.04. The van der Waals surface area contributed by atoms with E-state index < -0.39 is 0 Å². The molecule has 1 aliphatic rings. The van der Waals surface area contributed by atoms with Gasteiger partial charge in [-0.2, -0.15) is 0 Å². The lowest BCUT2D eigenvalue weighted by atomic mass is 9.91. The zero-order valence-electron chi connectivity index (χ0n) is 19.4. The van der Waals surface area contributed by atoms with Gasteiger partial charge in [-0.3, -0.25) is 4.79 Å². The fraction of sp³-hybridized carbons (Fsp3) is 0.440. The Morgan fingerprint density at radius 2 is 1.81 bits per heavy atom. The zero-order chi connectivity index (χ0) is 22.8. The van der Waals surface area contributed by atoms with Crippen molar-refractivity contribution in [1.29, 1.82) is 0 Å². The molecule has 3 heterocycles. The van der Waals surface area contributed by atoms with Gasteiger partial charge in [-0.15, -0.1) is 0 Å². The Labute approximate surface area is 188 Å². The highest BCUT2D eigenvalue weighted by Gasteiger charge is 2.30. The van der Waals surface area contributed by atoms with Crippen molar-refractivity contribution in [3.63, 3.8) is 0 Å². The van der Waals surface area contributed by atoms with Crippen LogP contribution in [0.25, 0.3) is 5.65 Å². The molecule has 2 aromatic heterocycles. The minimum atomic E-state index is -0.211. The summed E-state index contributed by atoms with van der Waals surface area (Å²) in [5.74, 6) is 1.27. The third kappa shape index (κ3) is 4.43. The van der Waals surface area contributed by atoms with Crippen molar-refractivity contribution >= 4 is 11.6 Å². The van der Waals surface area contributed by atoms with E-state index in [2.05, 4.69) is 9.38 Å². The van der Waals surface area contributed by atoms with Crippen LogP contribution >= 0.6 is 0 Å².